The maximum atomic E-state index is 13.6. The first-order valence-electron chi connectivity index (χ1n) is 8.59. The Morgan fingerprint density at radius 3 is 2.59 bits per heavy atom. The van der Waals surface area contributed by atoms with Crippen LogP contribution in [0, 0.1) is 0 Å². The molecule has 2 aromatic rings. The van der Waals surface area contributed by atoms with Gasteiger partial charge in [0.2, 0.25) is 5.60 Å². The second-order valence-corrected chi connectivity index (χ2v) is 8.07. The molecule has 0 spiro atoms. The van der Waals surface area contributed by atoms with Crippen molar-refractivity contribution in [3.8, 4) is 0 Å². The largest absolute Gasteiger partial charge is 0.424 e. The van der Waals surface area contributed by atoms with Crippen LogP contribution in [0.15, 0.2) is 29.5 Å². The Morgan fingerprint density at radius 2 is 2.10 bits per heavy atom. The van der Waals surface area contributed by atoms with Gasteiger partial charge < -0.3 is 19.9 Å². The Morgan fingerprint density at radius 1 is 1.41 bits per heavy atom. The summed E-state index contributed by atoms with van der Waals surface area (Å²) in [4.78, 5) is 10.7. The van der Waals surface area contributed by atoms with E-state index in [-0.39, 0.29) is 30.5 Å². The van der Waals surface area contributed by atoms with Crippen molar-refractivity contribution in [1.29, 1.82) is 0 Å². The van der Waals surface area contributed by atoms with Crippen LogP contribution in [-0.2, 0) is 19.2 Å². The summed E-state index contributed by atoms with van der Waals surface area (Å²) in [6.45, 7) is 2.69. The van der Waals surface area contributed by atoms with Crippen molar-refractivity contribution in [1.82, 2.24) is 19.8 Å². The highest BCUT2D eigenvalue weighted by Gasteiger charge is 2.57. The lowest BCUT2D eigenvalue weighted by Gasteiger charge is -2.29. The molecule has 0 saturated heterocycles. The third kappa shape index (κ3) is 6.46. The first-order chi connectivity index (χ1) is 13.1. The molecule has 164 valence electrons. The summed E-state index contributed by atoms with van der Waals surface area (Å²) in [6, 6.07) is 3.67. The standard InChI is InChI=1S/C17H23ClF3N5OS.HI/c1-4-22-15(26(3)11-12-5-6-13(18)28-12)24-8-7-16(27,17(19,20)21)14-23-9-10-25(14)2;/h5-6,9-10,27H,4,7-8,11H2,1-3H3,(H,22,24);1H. The number of aliphatic hydroxyl groups is 1. The second kappa shape index (κ2) is 10.8. The fourth-order valence-corrected chi connectivity index (χ4v) is 3.82. The third-order valence-corrected chi connectivity index (χ3v) is 5.33. The lowest BCUT2D eigenvalue weighted by Crippen LogP contribution is -2.45. The minimum absolute atomic E-state index is 0. The average Bonchev–Trinajstić information content (AvgIpc) is 3.21. The monoisotopic (exact) mass is 565 g/mol. The number of rotatable bonds is 7. The Balaban J connectivity index is 0.00000420. The summed E-state index contributed by atoms with van der Waals surface area (Å²) in [6.07, 6.45) is -2.94. The number of nitrogens with zero attached hydrogens (tertiary/aromatic N) is 4. The van der Waals surface area contributed by atoms with Gasteiger partial charge in [0.15, 0.2) is 5.96 Å². The molecular formula is C17H24ClF3IN5OS. The highest BCUT2D eigenvalue weighted by atomic mass is 127. The highest BCUT2D eigenvalue weighted by Crippen LogP contribution is 2.40. The zero-order valence-electron chi connectivity index (χ0n) is 16.2. The Kier molecular flexibility index (Phi) is 9.70. The van der Waals surface area contributed by atoms with Gasteiger partial charge in [-0.1, -0.05) is 11.6 Å². The molecule has 1 atom stereocenters. The lowest BCUT2D eigenvalue weighted by molar-refractivity contribution is -0.272. The molecule has 2 rings (SSSR count). The summed E-state index contributed by atoms with van der Waals surface area (Å²) in [5, 5.41) is 13.4. The third-order valence-electron chi connectivity index (χ3n) is 4.11. The SMILES string of the molecule is CCNC(=NCCC(O)(c1nccn1C)C(F)(F)F)N(C)Cc1ccc(Cl)s1.I. The van der Waals surface area contributed by atoms with E-state index in [1.807, 2.05) is 13.0 Å². The van der Waals surface area contributed by atoms with Gasteiger partial charge in [0.05, 0.1) is 10.9 Å². The molecule has 2 heterocycles. The van der Waals surface area contributed by atoms with E-state index in [0.717, 1.165) is 9.44 Å². The zero-order chi connectivity index (χ0) is 20.9. The normalized spacial score (nSPS) is 14.3. The van der Waals surface area contributed by atoms with Crippen molar-refractivity contribution in [3.63, 3.8) is 0 Å². The van der Waals surface area contributed by atoms with E-state index in [4.69, 9.17) is 11.6 Å². The van der Waals surface area contributed by atoms with Crippen LogP contribution in [0.2, 0.25) is 4.34 Å². The molecule has 0 saturated carbocycles. The molecule has 2 aromatic heterocycles. The van der Waals surface area contributed by atoms with E-state index in [2.05, 4.69) is 15.3 Å². The van der Waals surface area contributed by atoms with Crippen molar-refractivity contribution in [2.75, 3.05) is 20.1 Å². The molecule has 0 amide bonds. The quantitative estimate of drug-likeness (QED) is 0.303. The molecule has 0 aliphatic heterocycles. The number of aryl methyl sites for hydroxylation is 1. The number of aromatic nitrogens is 2. The predicted molar refractivity (Wildman–Crippen MR) is 120 cm³/mol. The second-order valence-electron chi connectivity index (χ2n) is 6.27. The maximum absolute atomic E-state index is 13.6. The van der Waals surface area contributed by atoms with Crippen LogP contribution in [-0.4, -0.2) is 51.8 Å². The van der Waals surface area contributed by atoms with Crippen molar-refractivity contribution >= 4 is 52.9 Å². The molecule has 0 aromatic carbocycles. The van der Waals surface area contributed by atoms with Crippen LogP contribution >= 0.6 is 46.9 Å². The Hall–Kier alpha value is -1.05. The number of hydrogen-bond acceptors (Lipinski definition) is 4. The lowest BCUT2D eigenvalue weighted by atomic mass is 9.98. The van der Waals surface area contributed by atoms with Gasteiger partial charge in [0.25, 0.3) is 0 Å². The zero-order valence-corrected chi connectivity index (χ0v) is 20.1. The topological polar surface area (TPSA) is 65.7 Å². The fraction of sp³-hybridized carbons (Fsp3) is 0.529. The van der Waals surface area contributed by atoms with Gasteiger partial charge in [0, 0.05) is 50.9 Å². The van der Waals surface area contributed by atoms with Gasteiger partial charge in [-0.05, 0) is 19.1 Å². The fourth-order valence-electron chi connectivity index (χ4n) is 2.68. The number of nitrogens with one attached hydrogen (secondary N) is 1. The number of imidazole rings is 1. The van der Waals surface area contributed by atoms with E-state index in [1.54, 1.807) is 18.0 Å². The van der Waals surface area contributed by atoms with Crippen molar-refractivity contribution in [3.05, 3.63) is 39.6 Å². The summed E-state index contributed by atoms with van der Waals surface area (Å²) < 4.78 is 42.6. The van der Waals surface area contributed by atoms with E-state index in [9.17, 15) is 18.3 Å². The summed E-state index contributed by atoms with van der Waals surface area (Å²) in [5.41, 5.74) is -3.08. The highest BCUT2D eigenvalue weighted by molar-refractivity contribution is 14.0. The van der Waals surface area contributed by atoms with Crippen LogP contribution in [0.4, 0.5) is 13.2 Å². The van der Waals surface area contributed by atoms with Crippen LogP contribution < -0.4 is 5.32 Å². The molecule has 0 radical (unpaired) electrons. The van der Waals surface area contributed by atoms with E-state index < -0.39 is 24.0 Å². The van der Waals surface area contributed by atoms with Crippen LogP contribution in [0.5, 0.6) is 0 Å². The van der Waals surface area contributed by atoms with Crippen LogP contribution in [0.25, 0.3) is 0 Å². The van der Waals surface area contributed by atoms with Gasteiger partial charge in [-0.25, -0.2) is 4.98 Å². The van der Waals surface area contributed by atoms with E-state index in [1.165, 1.54) is 30.8 Å². The summed E-state index contributed by atoms with van der Waals surface area (Å²) in [7, 11) is 3.19. The summed E-state index contributed by atoms with van der Waals surface area (Å²) in [5.74, 6) is -0.0156. The number of guanidine groups is 1. The van der Waals surface area contributed by atoms with Gasteiger partial charge in [-0.15, -0.1) is 35.3 Å². The molecule has 1 unspecified atom stereocenters. The number of hydrogen-bond donors (Lipinski definition) is 2. The maximum Gasteiger partial charge on any atom is 0.424 e. The van der Waals surface area contributed by atoms with Gasteiger partial charge >= 0.3 is 6.18 Å². The number of alkyl halides is 3. The molecule has 6 nitrogen and oxygen atoms in total. The molecule has 12 heteroatoms. The molecule has 0 fully saturated rings. The molecular weight excluding hydrogens is 542 g/mol. The van der Waals surface area contributed by atoms with Crippen LogP contribution in [0.3, 0.4) is 0 Å². The molecule has 0 bridgehead atoms. The van der Waals surface area contributed by atoms with Crippen molar-refractivity contribution in [2.24, 2.45) is 12.0 Å². The summed E-state index contributed by atoms with van der Waals surface area (Å²) >= 11 is 7.36. The van der Waals surface area contributed by atoms with Crippen molar-refractivity contribution < 1.29 is 18.3 Å². The van der Waals surface area contributed by atoms with E-state index >= 15 is 0 Å². The van der Waals surface area contributed by atoms with Gasteiger partial charge in [0.1, 0.15) is 5.82 Å². The molecule has 2 N–H and O–H groups in total. The first kappa shape index (κ1) is 26.0. The Labute approximate surface area is 193 Å². The first-order valence-corrected chi connectivity index (χ1v) is 9.78. The minimum Gasteiger partial charge on any atom is -0.374 e. The molecule has 29 heavy (non-hydrogen) atoms. The average molecular weight is 566 g/mol. The van der Waals surface area contributed by atoms with E-state index in [0.29, 0.717) is 23.4 Å². The number of aliphatic imine (C=N–C) groups is 1. The van der Waals surface area contributed by atoms with Gasteiger partial charge in [-0.3, -0.25) is 4.99 Å². The number of thiophene rings is 1. The predicted octanol–water partition coefficient (Wildman–Crippen LogP) is 3.99. The molecule has 0 aliphatic carbocycles. The smallest absolute Gasteiger partial charge is 0.374 e. The number of halogens is 5. The minimum atomic E-state index is -4.88. The van der Waals surface area contributed by atoms with Crippen LogP contribution in [0.1, 0.15) is 24.0 Å². The van der Waals surface area contributed by atoms with Crippen molar-refractivity contribution in [2.45, 2.75) is 31.7 Å². The van der Waals surface area contributed by atoms with Gasteiger partial charge in [-0.2, -0.15) is 13.2 Å². The Bertz CT molecular complexity index is 813. The molecule has 0 aliphatic rings.